The van der Waals surface area contributed by atoms with E-state index in [-0.39, 0.29) is 23.7 Å². The first-order valence-electron chi connectivity index (χ1n) is 5.43. The van der Waals surface area contributed by atoms with Crippen LogP contribution >= 0.6 is 0 Å². The van der Waals surface area contributed by atoms with Crippen LogP contribution < -0.4 is 0 Å². The predicted octanol–water partition coefficient (Wildman–Crippen LogP) is 1.01. The molecule has 2 N–H and O–H groups in total. The van der Waals surface area contributed by atoms with Crippen molar-refractivity contribution in [3.05, 3.63) is 24.3 Å². The van der Waals surface area contributed by atoms with Crippen molar-refractivity contribution in [2.45, 2.75) is 0 Å². The van der Waals surface area contributed by atoms with Gasteiger partial charge >= 0.3 is 11.9 Å². The van der Waals surface area contributed by atoms with Crippen molar-refractivity contribution in [2.75, 3.05) is 0 Å². The van der Waals surface area contributed by atoms with Crippen LogP contribution in [0.1, 0.15) is 0 Å². The zero-order valence-corrected chi connectivity index (χ0v) is 8.48. The Morgan fingerprint density at radius 3 is 1.25 bits per heavy atom. The molecule has 0 saturated heterocycles. The molecule has 0 amide bonds. The minimum Gasteiger partial charge on any atom is -0.481 e. The van der Waals surface area contributed by atoms with Crippen molar-refractivity contribution in [3.63, 3.8) is 0 Å². The number of carboxylic acids is 2. The lowest BCUT2D eigenvalue weighted by Crippen LogP contribution is -2.54. The van der Waals surface area contributed by atoms with E-state index in [9.17, 15) is 19.8 Å². The van der Waals surface area contributed by atoms with Gasteiger partial charge < -0.3 is 10.2 Å². The molecular weight excluding hydrogens is 208 g/mol. The van der Waals surface area contributed by atoms with Crippen LogP contribution in [0.25, 0.3) is 0 Å². The van der Waals surface area contributed by atoms with E-state index in [1.165, 1.54) is 0 Å². The van der Waals surface area contributed by atoms with E-state index in [4.69, 9.17) is 0 Å². The summed E-state index contributed by atoms with van der Waals surface area (Å²) < 4.78 is 0. The van der Waals surface area contributed by atoms with Gasteiger partial charge in [0.2, 0.25) is 0 Å². The van der Waals surface area contributed by atoms with Crippen molar-refractivity contribution in [3.8, 4) is 0 Å². The van der Waals surface area contributed by atoms with Crippen LogP contribution in [0.15, 0.2) is 24.3 Å². The van der Waals surface area contributed by atoms with Gasteiger partial charge in [-0.1, -0.05) is 24.3 Å². The number of hydrogen-bond acceptors (Lipinski definition) is 2. The van der Waals surface area contributed by atoms with Crippen LogP contribution in [-0.4, -0.2) is 22.2 Å². The highest BCUT2D eigenvalue weighted by molar-refractivity contribution is 5.82. The van der Waals surface area contributed by atoms with Gasteiger partial charge in [0.25, 0.3) is 0 Å². The summed E-state index contributed by atoms with van der Waals surface area (Å²) in [6.45, 7) is 0. The first-order chi connectivity index (χ1) is 7.61. The molecule has 0 heterocycles. The molecule has 84 valence electrons. The number of fused-ring (bicyclic) bond motifs is 1. The molecule has 2 bridgehead atoms. The van der Waals surface area contributed by atoms with Gasteiger partial charge in [-0.3, -0.25) is 9.59 Å². The fraction of sp³-hybridized carbons (Fsp3) is 0.500. The Hall–Kier alpha value is -1.58. The van der Waals surface area contributed by atoms with Crippen molar-refractivity contribution in [1.82, 2.24) is 0 Å². The zero-order valence-electron chi connectivity index (χ0n) is 8.48. The first-order valence-corrected chi connectivity index (χ1v) is 5.43. The Bertz CT molecular complexity index is 385. The summed E-state index contributed by atoms with van der Waals surface area (Å²) in [6.07, 6.45) is 7.82. The first kappa shape index (κ1) is 9.63. The smallest absolute Gasteiger partial charge is 0.308 e. The third-order valence-electron chi connectivity index (χ3n) is 4.23. The Morgan fingerprint density at radius 2 is 1.00 bits per heavy atom. The number of carbonyl (C=O) groups is 2. The second-order valence-corrected chi connectivity index (χ2v) is 4.81. The molecule has 4 aliphatic rings. The molecule has 4 rings (SSSR count). The van der Waals surface area contributed by atoms with Gasteiger partial charge in [-0.15, -0.1) is 0 Å². The molecule has 4 heteroatoms. The SMILES string of the molecule is O=C(O)[C@@H]1[C@H]2C=C[C@@H]([C@@H]3C=C[C@H]32)[C@H]1C(=O)O. The summed E-state index contributed by atoms with van der Waals surface area (Å²) in [4.78, 5) is 22.4. The number of aliphatic carboxylic acids is 2. The largest absolute Gasteiger partial charge is 0.481 e. The van der Waals surface area contributed by atoms with Gasteiger partial charge in [-0.25, -0.2) is 0 Å². The number of carboxylic acid groups (broad SMARTS) is 2. The fourth-order valence-corrected chi connectivity index (χ4v) is 3.48. The quantitative estimate of drug-likeness (QED) is 0.681. The summed E-state index contributed by atoms with van der Waals surface area (Å²) in [7, 11) is 0. The Kier molecular flexibility index (Phi) is 1.79. The summed E-state index contributed by atoms with van der Waals surface area (Å²) in [5.74, 6) is -3.29. The average Bonchev–Trinajstić information content (AvgIpc) is 2.15. The molecule has 1 saturated carbocycles. The van der Waals surface area contributed by atoms with E-state index in [1.54, 1.807) is 0 Å². The van der Waals surface area contributed by atoms with Crippen molar-refractivity contribution in [1.29, 1.82) is 0 Å². The Morgan fingerprint density at radius 1 is 0.688 bits per heavy atom. The normalized spacial score (nSPS) is 47.2. The summed E-state index contributed by atoms with van der Waals surface area (Å²) in [5.41, 5.74) is 0. The highest BCUT2D eigenvalue weighted by Crippen LogP contribution is 2.55. The highest BCUT2D eigenvalue weighted by atomic mass is 16.4. The standard InChI is InChI=1S/C12H12O4/c13-11(14)9-7-3-4-8(10(9)12(15)16)6-2-1-5(6)7/h1-10H,(H,13,14)(H,15,16)/t5-,6-,7+,8+,9-,10-/m1/s1. The van der Waals surface area contributed by atoms with Crippen molar-refractivity contribution >= 4 is 11.9 Å². The van der Waals surface area contributed by atoms with E-state index in [2.05, 4.69) is 0 Å². The molecule has 16 heavy (non-hydrogen) atoms. The van der Waals surface area contributed by atoms with Crippen LogP contribution in [0.5, 0.6) is 0 Å². The molecular formula is C12H12O4. The van der Waals surface area contributed by atoms with E-state index in [0.29, 0.717) is 0 Å². The number of allylic oxidation sites excluding steroid dienone is 4. The van der Waals surface area contributed by atoms with Gasteiger partial charge in [0.1, 0.15) is 0 Å². The van der Waals surface area contributed by atoms with Gasteiger partial charge in [-0.2, -0.15) is 0 Å². The fourth-order valence-electron chi connectivity index (χ4n) is 3.48. The molecule has 0 aliphatic heterocycles. The van der Waals surface area contributed by atoms with Crippen molar-refractivity contribution < 1.29 is 19.8 Å². The van der Waals surface area contributed by atoms with Crippen molar-refractivity contribution in [2.24, 2.45) is 35.5 Å². The predicted molar refractivity (Wildman–Crippen MR) is 54.5 cm³/mol. The zero-order chi connectivity index (χ0) is 11.4. The maximum Gasteiger partial charge on any atom is 0.308 e. The molecule has 0 spiro atoms. The molecule has 4 aliphatic carbocycles. The topological polar surface area (TPSA) is 74.6 Å². The summed E-state index contributed by atoms with van der Waals surface area (Å²) >= 11 is 0. The number of rotatable bonds is 2. The second-order valence-electron chi connectivity index (χ2n) is 4.81. The van der Waals surface area contributed by atoms with Gasteiger partial charge in [-0.05, 0) is 23.7 Å². The third-order valence-corrected chi connectivity index (χ3v) is 4.23. The summed E-state index contributed by atoms with van der Waals surface area (Å²) in [6, 6.07) is 0. The lowest BCUT2D eigenvalue weighted by molar-refractivity contribution is -0.163. The lowest BCUT2D eigenvalue weighted by Gasteiger charge is -2.52. The van der Waals surface area contributed by atoms with Crippen LogP contribution in [0, 0.1) is 35.5 Å². The van der Waals surface area contributed by atoms with Gasteiger partial charge in [0.05, 0.1) is 11.8 Å². The van der Waals surface area contributed by atoms with Crippen LogP contribution in [0.4, 0.5) is 0 Å². The third kappa shape index (κ3) is 0.991. The van der Waals surface area contributed by atoms with Crippen LogP contribution in [0.3, 0.4) is 0 Å². The average molecular weight is 220 g/mol. The minimum absolute atomic E-state index is 0.140. The molecule has 6 atom stereocenters. The lowest BCUT2D eigenvalue weighted by atomic mass is 9.50. The maximum absolute atomic E-state index is 11.2. The number of hydrogen-bond donors (Lipinski definition) is 2. The molecule has 0 aromatic heterocycles. The molecule has 0 aromatic carbocycles. The monoisotopic (exact) mass is 220 g/mol. The maximum atomic E-state index is 11.2. The second kappa shape index (κ2) is 2.97. The molecule has 0 aromatic rings. The Labute approximate surface area is 92.3 Å². The van der Waals surface area contributed by atoms with E-state index < -0.39 is 23.8 Å². The highest BCUT2D eigenvalue weighted by Gasteiger charge is 2.57. The Balaban J connectivity index is 2.05. The minimum atomic E-state index is -0.981. The molecule has 4 nitrogen and oxygen atoms in total. The van der Waals surface area contributed by atoms with Crippen LogP contribution in [-0.2, 0) is 9.59 Å². The molecule has 0 radical (unpaired) electrons. The van der Waals surface area contributed by atoms with Gasteiger partial charge in [0.15, 0.2) is 0 Å². The summed E-state index contributed by atoms with van der Waals surface area (Å²) in [5, 5.41) is 18.4. The van der Waals surface area contributed by atoms with Crippen LogP contribution in [0.2, 0.25) is 0 Å². The van der Waals surface area contributed by atoms with E-state index in [0.717, 1.165) is 0 Å². The molecule has 1 fully saturated rings. The molecule has 0 unspecified atom stereocenters. The van der Waals surface area contributed by atoms with E-state index in [1.807, 2.05) is 24.3 Å². The van der Waals surface area contributed by atoms with E-state index >= 15 is 0 Å². The van der Waals surface area contributed by atoms with Gasteiger partial charge in [0, 0.05) is 0 Å².